The van der Waals surface area contributed by atoms with Crippen LogP contribution in [0.2, 0.25) is 0 Å². The van der Waals surface area contributed by atoms with Gasteiger partial charge in [0.25, 0.3) is 5.89 Å². The Hall–Kier alpha value is -3.31. The number of carbonyl (C=O) groups is 1. The van der Waals surface area contributed by atoms with Crippen LogP contribution in [-0.4, -0.2) is 31.7 Å². The monoisotopic (exact) mass is 407 g/mol. The summed E-state index contributed by atoms with van der Waals surface area (Å²) in [6.07, 6.45) is 0. The number of sulfonamides is 1. The Labute approximate surface area is 158 Å². The topological polar surface area (TPSA) is 135 Å². The first-order chi connectivity index (χ1) is 13.3. The summed E-state index contributed by atoms with van der Waals surface area (Å²) >= 11 is 0. The van der Waals surface area contributed by atoms with Crippen molar-refractivity contribution in [2.75, 3.05) is 7.11 Å². The van der Waals surface area contributed by atoms with Crippen molar-refractivity contribution in [1.29, 1.82) is 0 Å². The van der Waals surface area contributed by atoms with Gasteiger partial charge in [0.1, 0.15) is 17.1 Å². The summed E-state index contributed by atoms with van der Waals surface area (Å²) in [6.45, 7) is -0.365. The summed E-state index contributed by atoms with van der Waals surface area (Å²) in [5.74, 6) is -1.05. The zero-order valence-corrected chi connectivity index (χ0v) is 15.3. The van der Waals surface area contributed by atoms with Crippen LogP contribution in [0.15, 0.2) is 51.8 Å². The number of primary sulfonamides is 1. The molecule has 0 aliphatic carbocycles. The SMILES string of the molecule is COc1ccc(S(N)(=O)=O)cc1C(=O)OCc1nnc(-c2ccc(F)cc2)o1. The molecule has 11 heteroatoms. The molecular weight excluding hydrogens is 393 g/mol. The van der Waals surface area contributed by atoms with Gasteiger partial charge in [0.2, 0.25) is 15.9 Å². The van der Waals surface area contributed by atoms with E-state index in [1.807, 2.05) is 0 Å². The molecule has 0 aliphatic rings. The lowest BCUT2D eigenvalue weighted by Gasteiger charge is -2.09. The van der Waals surface area contributed by atoms with Crippen LogP contribution in [-0.2, 0) is 21.4 Å². The molecule has 1 aromatic heterocycles. The third-order valence-corrected chi connectivity index (χ3v) is 4.52. The van der Waals surface area contributed by atoms with Gasteiger partial charge >= 0.3 is 5.97 Å². The van der Waals surface area contributed by atoms with Crippen LogP contribution < -0.4 is 9.88 Å². The molecule has 3 rings (SSSR count). The lowest BCUT2D eigenvalue weighted by molar-refractivity contribution is 0.0434. The molecular formula is C17H14FN3O6S. The van der Waals surface area contributed by atoms with Crippen molar-refractivity contribution < 1.29 is 31.5 Å². The smallest absolute Gasteiger partial charge is 0.342 e. The average molecular weight is 407 g/mol. The number of esters is 1. The number of carbonyl (C=O) groups excluding carboxylic acids is 1. The van der Waals surface area contributed by atoms with Crippen LogP contribution in [0.1, 0.15) is 16.2 Å². The van der Waals surface area contributed by atoms with E-state index in [-0.39, 0.29) is 34.6 Å². The van der Waals surface area contributed by atoms with Crippen molar-refractivity contribution in [1.82, 2.24) is 10.2 Å². The molecule has 0 fully saturated rings. The molecule has 0 bridgehead atoms. The van der Waals surface area contributed by atoms with E-state index in [0.717, 1.165) is 6.07 Å². The minimum atomic E-state index is -4.01. The van der Waals surface area contributed by atoms with E-state index in [1.165, 1.54) is 43.5 Å². The molecule has 9 nitrogen and oxygen atoms in total. The maximum Gasteiger partial charge on any atom is 0.342 e. The number of ether oxygens (including phenoxy) is 2. The maximum absolute atomic E-state index is 13.0. The maximum atomic E-state index is 13.0. The molecule has 0 atom stereocenters. The minimum absolute atomic E-state index is 0.00533. The standard InChI is InChI=1S/C17H14FN3O6S/c1-25-14-7-6-12(28(19,23)24)8-13(14)17(22)26-9-15-20-21-16(27-15)10-2-4-11(18)5-3-10/h2-8H,9H2,1H3,(H2,19,23,24). The van der Waals surface area contributed by atoms with Gasteiger partial charge in [0.15, 0.2) is 6.61 Å². The van der Waals surface area contributed by atoms with Gasteiger partial charge in [0, 0.05) is 5.56 Å². The predicted molar refractivity (Wildman–Crippen MR) is 93.2 cm³/mol. The second-order valence-electron chi connectivity index (χ2n) is 5.49. The first-order valence-electron chi connectivity index (χ1n) is 7.74. The van der Waals surface area contributed by atoms with Gasteiger partial charge in [-0.05, 0) is 42.5 Å². The van der Waals surface area contributed by atoms with Crippen LogP contribution in [0.25, 0.3) is 11.5 Å². The van der Waals surface area contributed by atoms with Gasteiger partial charge in [-0.3, -0.25) is 0 Å². The van der Waals surface area contributed by atoms with Crippen LogP contribution in [0.3, 0.4) is 0 Å². The largest absolute Gasteiger partial charge is 0.496 e. The lowest BCUT2D eigenvalue weighted by Crippen LogP contribution is -2.14. The van der Waals surface area contributed by atoms with E-state index in [1.54, 1.807) is 0 Å². The Kier molecular flexibility index (Phi) is 5.38. The number of benzene rings is 2. The van der Waals surface area contributed by atoms with Gasteiger partial charge in [-0.1, -0.05) is 0 Å². The number of aromatic nitrogens is 2. The summed E-state index contributed by atoms with van der Waals surface area (Å²) < 4.78 is 51.4. The first kappa shape index (κ1) is 19.5. The van der Waals surface area contributed by atoms with Crippen molar-refractivity contribution in [3.05, 3.63) is 59.7 Å². The summed E-state index contributed by atoms with van der Waals surface area (Å²) in [7, 11) is -2.70. The highest BCUT2D eigenvalue weighted by Crippen LogP contribution is 2.24. The fraction of sp³-hybridized carbons (Fsp3) is 0.118. The number of nitrogens with two attached hydrogens (primary N) is 1. The zero-order chi connectivity index (χ0) is 20.3. The van der Waals surface area contributed by atoms with Crippen LogP contribution in [0.5, 0.6) is 5.75 Å². The fourth-order valence-electron chi connectivity index (χ4n) is 2.25. The van der Waals surface area contributed by atoms with Crippen LogP contribution >= 0.6 is 0 Å². The van der Waals surface area contributed by atoms with Gasteiger partial charge in [-0.2, -0.15) is 0 Å². The lowest BCUT2D eigenvalue weighted by atomic mass is 10.2. The molecule has 0 aliphatic heterocycles. The highest BCUT2D eigenvalue weighted by Gasteiger charge is 2.19. The molecule has 2 N–H and O–H groups in total. The van der Waals surface area contributed by atoms with Gasteiger partial charge in [0.05, 0.1) is 12.0 Å². The number of hydrogen-bond donors (Lipinski definition) is 1. The molecule has 0 saturated heterocycles. The van der Waals surface area contributed by atoms with Gasteiger partial charge in [-0.25, -0.2) is 22.7 Å². The minimum Gasteiger partial charge on any atom is -0.496 e. The molecule has 28 heavy (non-hydrogen) atoms. The van der Waals surface area contributed by atoms with Crippen molar-refractivity contribution in [3.63, 3.8) is 0 Å². The van der Waals surface area contributed by atoms with E-state index in [0.29, 0.717) is 5.56 Å². The second-order valence-corrected chi connectivity index (χ2v) is 7.05. The molecule has 146 valence electrons. The highest BCUT2D eigenvalue weighted by atomic mass is 32.2. The van der Waals surface area contributed by atoms with E-state index in [4.69, 9.17) is 19.0 Å². The number of nitrogens with zero attached hydrogens (tertiary/aromatic N) is 2. The molecule has 2 aromatic carbocycles. The number of rotatable bonds is 6. The zero-order valence-electron chi connectivity index (χ0n) is 14.5. The second kappa shape index (κ2) is 7.74. The first-order valence-corrected chi connectivity index (χ1v) is 9.29. The Bertz CT molecular complexity index is 1110. The Balaban J connectivity index is 1.75. The van der Waals surface area contributed by atoms with Crippen molar-refractivity contribution in [3.8, 4) is 17.2 Å². The van der Waals surface area contributed by atoms with E-state index < -0.39 is 21.8 Å². The molecule has 0 radical (unpaired) electrons. The Morgan fingerprint density at radius 3 is 2.54 bits per heavy atom. The predicted octanol–water partition coefficient (Wildman–Crippen LogP) is 1.89. The normalized spacial score (nSPS) is 11.2. The van der Waals surface area contributed by atoms with Crippen molar-refractivity contribution in [2.24, 2.45) is 5.14 Å². The summed E-state index contributed by atoms with van der Waals surface area (Å²) in [6, 6.07) is 8.94. The van der Waals surface area contributed by atoms with Crippen molar-refractivity contribution in [2.45, 2.75) is 11.5 Å². The number of hydrogen-bond acceptors (Lipinski definition) is 8. The third-order valence-electron chi connectivity index (χ3n) is 3.60. The van der Waals surface area contributed by atoms with Gasteiger partial charge in [-0.15, -0.1) is 10.2 Å². The molecule has 0 amide bonds. The quantitative estimate of drug-likeness (QED) is 0.612. The Morgan fingerprint density at radius 2 is 1.89 bits per heavy atom. The fourth-order valence-corrected chi connectivity index (χ4v) is 2.79. The summed E-state index contributed by atoms with van der Waals surface area (Å²) in [5.41, 5.74) is 0.362. The number of halogens is 1. The third kappa shape index (κ3) is 4.32. The molecule has 3 aromatic rings. The number of methoxy groups -OCH3 is 1. The Morgan fingerprint density at radius 1 is 1.18 bits per heavy atom. The van der Waals surface area contributed by atoms with E-state index in [2.05, 4.69) is 10.2 Å². The van der Waals surface area contributed by atoms with E-state index in [9.17, 15) is 17.6 Å². The van der Waals surface area contributed by atoms with Crippen LogP contribution in [0.4, 0.5) is 4.39 Å². The average Bonchev–Trinajstić information content (AvgIpc) is 3.14. The molecule has 0 unspecified atom stereocenters. The molecule has 0 spiro atoms. The highest BCUT2D eigenvalue weighted by molar-refractivity contribution is 7.89. The van der Waals surface area contributed by atoms with Crippen LogP contribution in [0, 0.1) is 5.82 Å². The summed E-state index contributed by atoms with van der Waals surface area (Å²) in [5, 5.41) is 12.6. The molecule has 1 heterocycles. The van der Waals surface area contributed by atoms with E-state index >= 15 is 0 Å². The van der Waals surface area contributed by atoms with Crippen molar-refractivity contribution >= 4 is 16.0 Å². The molecule has 0 saturated carbocycles. The van der Waals surface area contributed by atoms with Gasteiger partial charge < -0.3 is 13.9 Å². The summed E-state index contributed by atoms with van der Waals surface area (Å²) in [4.78, 5) is 12.1.